The second-order valence-corrected chi connectivity index (χ2v) is 4.96. The molecule has 0 bridgehead atoms. The second-order valence-electron chi connectivity index (χ2n) is 4.96. The Morgan fingerprint density at radius 3 is 2.76 bits per heavy atom. The number of para-hydroxylation sites is 2. The number of ether oxygens (including phenoxy) is 2. The van der Waals surface area contributed by atoms with Crippen molar-refractivity contribution in [2.45, 2.75) is 38.3 Å². The maximum Gasteiger partial charge on any atom is 0.305 e. The van der Waals surface area contributed by atoms with E-state index in [1.54, 1.807) is 18.2 Å². The molecule has 1 aromatic rings. The van der Waals surface area contributed by atoms with Gasteiger partial charge in [-0.25, -0.2) is 0 Å². The third-order valence-electron chi connectivity index (χ3n) is 3.21. The summed E-state index contributed by atoms with van der Waals surface area (Å²) in [5, 5.41) is 11.6. The first-order chi connectivity index (χ1) is 10.1. The minimum atomic E-state index is -0.931. The van der Waals surface area contributed by atoms with Gasteiger partial charge in [0.05, 0.1) is 6.42 Å². The van der Waals surface area contributed by atoms with Gasteiger partial charge in [-0.05, 0) is 18.6 Å². The lowest BCUT2D eigenvalue weighted by molar-refractivity contribution is -0.138. The molecule has 6 nitrogen and oxygen atoms in total. The highest BCUT2D eigenvalue weighted by molar-refractivity contribution is 5.82. The molecular weight excluding hydrogens is 274 g/mol. The van der Waals surface area contributed by atoms with Gasteiger partial charge in [-0.15, -0.1) is 0 Å². The fourth-order valence-electron chi connectivity index (χ4n) is 2.23. The smallest absolute Gasteiger partial charge is 0.305 e. The van der Waals surface area contributed by atoms with Crippen molar-refractivity contribution in [3.8, 4) is 11.5 Å². The number of carbonyl (C=O) groups is 2. The molecule has 6 heteroatoms. The van der Waals surface area contributed by atoms with Crippen LogP contribution in [0.3, 0.4) is 0 Å². The lowest BCUT2D eigenvalue weighted by Crippen LogP contribution is -2.48. The molecule has 2 rings (SSSR count). The predicted molar refractivity (Wildman–Crippen MR) is 75.4 cm³/mol. The van der Waals surface area contributed by atoms with E-state index < -0.39 is 12.1 Å². The van der Waals surface area contributed by atoms with Crippen LogP contribution in [0.15, 0.2) is 24.3 Å². The average Bonchev–Trinajstić information content (AvgIpc) is 2.46. The van der Waals surface area contributed by atoms with E-state index in [1.807, 2.05) is 13.0 Å². The Labute approximate surface area is 123 Å². The summed E-state index contributed by atoms with van der Waals surface area (Å²) in [7, 11) is 0. The van der Waals surface area contributed by atoms with Gasteiger partial charge >= 0.3 is 5.97 Å². The topological polar surface area (TPSA) is 84.9 Å². The maximum atomic E-state index is 12.2. The first-order valence-corrected chi connectivity index (χ1v) is 7.00. The van der Waals surface area contributed by atoms with Crippen LogP contribution in [-0.4, -0.2) is 35.7 Å². The van der Waals surface area contributed by atoms with Crippen LogP contribution in [-0.2, 0) is 9.59 Å². The Hall–Kier alpha value is -2.24. The van der Waals surface area contributed by atoms with Gasteiger partial charge < -0.3 is 19.9 Å². The first-order valence-electron chi connectivity index (χ1n) is 7.00. The molecule has 0 radical (unpaired) electrons. The standard InChI is InChI=1S/C15H19NO5/c1-2-5-10(8-14(17)18)16-15(19)13-9-20-11-6-3-4-7-12(11)21-13/h3-4,6-7,10,13H,2,5,8-9H2,1H3,(H,16,19)(H,17,18). The Bertz CT molecular complexity index is 517. The number of nitrogens with one attached hydrogen (secondary N) is 1. The minimum Gasteiger partial charge on any atom is -0.485 e. The molecule has 2 N–H and O–H groups in total. The molecule has 2 atom stereocenters. The van der Waals surface area contributed by atoms with Crippen LogP contribution in [0.5, 0.6) is 11.5 Å². The van der Waals surface area contributed by atoms with E-state index in [-0.39, 0.29) is 25.0 Å². The van der Waals surface area contributed by atoms with Crippen LogP contribution in [0, 0.1) is 0 Å². The summed E-state index contributed by atoms with van der Waals surface area (Å²) in [6.07, 6.45) is 0.558. The number of aliphatic carboxylic acids is 1. The summed E-state index contributed by atoms with van der Waals surface area (Å²) >= 11 is 0. The molecule has 1 aromatic carbocycles. The number of carboxylic acids is 1. The van der Waals surface area contributed by atoms with Gasteiger partial charge in [0, 0.05) is 6.04 Å². The number of rotatable bonds is 6. The Morgan fingerprint density at radius 1 is 1.38 bits per heavy atom. The van der Waals surface area contributed by atoms with Crippen molar-refractivity contribution in [1.82, 2.24) is 5.32 Å². The van der Waals surface area contributed by atoms with E-state index in [4.69, 9.17) is 14.6 Å². The lowest BCUT2D eigenvalue weighted by Gasteiger charge is -2.27. The van der Waals surface area contributed by atoms with E-state index in [1.165, 1.54) is 0 Å². The Morgan fingerprint density at radius 2 is 2.10 bits per heavy atom. The van der Waals surface area contributed by atoms with Crippen molar-refractivity contribution in [2.75, 3.05) is 6.61 Å². The zero-order valence-electron chi connectivity index (χ0n) is 11.9. The number of hydrogen-bond acceptors (Lipinski definition) is 4. The van der Waals surface area contributed by atoms with Crippen LogP contribution in [0.25, 0.3) is 0 Å². The molecule has 2 unspecified atom stereocenters. The van der Waals surface area contributed by atoms with Crippen molar-refractivity contribution in [1.29, 1.82) is 0 Å². The summed E-state index contributed by atoms with van der Waals surface area (Å²) in [6.45, 7) is 2.06. The molecule has 0 fully saturated rings. The first kappa shape index (κ1) is 15.2. The molecule has 1 heterocycles. The van der Waals surface area contributed by atoms with Crippen LogP contribution in [0.4, 0.5) is 0 Å². The molecule has 0 saturated heterocycles. The number of carboxylic acid groups (broad SMARTS) is 1. The summed E-state index contributed by atoms with van der Waals surface area (Å²) in [5.74, 6) is -0.143. The van der Waals surface area contributed by atoms with Gasteiger partial charge in [0.1, 0.15) is 6.61 Å². The van der Waals surface area contributed by atoms with Gasteiger partial charge in [-0.2, -0.15) is 0 Å². The van der Waals surface area contributed by atoms with Crippen molar-refractivity contribution >= 4 is 11.9 Å². The van der Waals surface area contributed by atoms with Crippen LogP contribution in [0.2, 0.25) is 0 Å². The van der Waals surface area contributed by atoms with Crippen molar-refractivity contribution < 1.29 is 24.2 Å². The van der Waals surface area contributed by atoms with E-state index in [9.17, 15) is 9.59 Å². The van der Waals surface area contributed by atoms with Crippen LogP contribution >= 0.6 is 0 Å². The fourth-order valence-corrected chi connectivity index (χ4v) is 2.23. The van der Waals surface area contributed by atoms with Crippen molar-refractivity contribution in [3.63, 3.8) is 0 Å². The molecule has 1 aliphatic heterocycles. The number of carbonyl (C=O) groups excluding carboxylic acids is 1. The molecule has 0 spiro atoms. The summed E-state index contributed by atoms with van der Waals surface area (Å²) in [6, 6.07) is 6.74. The monoisotopic (exact) mass is 293 g/mol. The maximum absolute atomic E-state index is 12.2. The summed E-state index contributed by atoms with van der Waals surface area (Å²) in [5.41, 5.74) is 0. The van der Waals surface area contributed by atoms with Gasteiger partial charge in [0.2, 0.25) is 6.10 Å². The van der Waals surface area contributed by atoms with E-state index in [2.05, 4.69) is 5.32 Å². The number of hydrogen-bond donors (Lipinski definition) is 2. The zero-order chi connectivity index (χ0) is 15.2. The molecule has 1 aliphatic rings. The highest BCUT2D eigenvalue weighted by Gasteiger charge is 2.29. The third kappa shape index (κ3) is 4.11. The van der Waals surface area contributed by atoms with E-state index in [0.717, 1.165) is 6.42 Å². The van der Waals surface area contributed by atoms with Crippen LogP contribution in [0.1, 0.15) is 26.2 Å². The molecule has 114 valence electrons. The summed E-state index contributed by atoms with van der Waals surface area (Å²) in [4.78, 5) is 23.0. The highest BCUT2D eigenvalue weighted by atomic mass is 16.6. The van der Waals surface area contributed by atoms with E-state index >= 15 is 0 Å². The van der Waals surface area contributed by atoms with E-state index in [0.29, 0.717) is 17.9 Å². The quantitative estimate of drug-likeness (QED) is 0.832. The SMILES string of the molecule is CCCC(CC(=O)O)NC(=O)C1COc2ccccc2O1. The third-order valence-corrected chi connectivity index (χ3v) is 3.21. The highest BCUT2D eigenvalue weighted by Crippen LogP contribution is 2.30. The number of amides is 1. The second kappa shape index (κ2) is 6.97. The molecule has 0 aromatic heterocycles. The van der Waals surface area contributed by atoms with Gasteiger partial charge in [0.25, 0.3) is 5.91 Å². The number of benzene rings is 1. The lowest BCUT2D eigenvalue weighted by atomic mass is 10.1. The summed E-state index contributed by atoms with van der Waals surface area (Å²) < 4.78 is 11.1. The largest absolute Gasteiger partial charge is 0.485 e. The molecule has 1 amide bonds. The molecular formula is C15H19NO5. The minimum absolute atomic E-state index is 0.0935. The fraction of sp³-hybridized carbons (Fsp3) is 0.467. The van der Waals surface area contributed by atoms with Gasteiger partial charge in [-0.1, -0.05) is 25.5 Å². The van der Waals surface area contributed by atoms with Gasteiger partial charge in [-0.3, -0.25) is 9.59 Å². The normalized spacial score (nSPS) is 17.9. The average molecular weight is 293 g/mol. The zero-order valence-corrected chi connectivity index (χ0v) is 11.9. The van der Waals surface area contributed by atoms with Crippen molar-refractivity contribution in [2.24, 2.45) is 0 Å². The van der Waals surface area contributed by atoms with Crippen molar-refractivity contribution in [3.05, 3.63) is 24.3 Å². The van der Waals surface area contributed by atoms with Gasteiger partial charge in [0.15, 0.2) is 11.5 Å². The molecule has 0 aliphatic carbocycles. The molecule has 0 saturated carbocycles. The number of fused-ring (bicyclic) bond motifs is 1. The Kier molecular flexibility index (Phi) is 5.03. The van der Waals surface area contributed by atoms with Crippen LogP contribution < -0.4 is 14.8 Å². The Balaban J connectivity index is 1.95. The predicted octanol–water partition coefficient (Wildman–Crippen LogP) is 1.59. The molecule has 21 heavy (non-hydrogen) atoms.